The minimum Gasteiger partial charge on any atom is -0.303 e. The van der Waals surface area contributed by atoms with Crippen LogP contribution in [0.1, 0.15) is 19.3 Å². The molecule has 50 valence electrons. The standard InChI is InChI=1S/C6H9BrN2/c7-4-1-2-5(8)6(9)3-4/h4,8-9H,1-3H2. The number of halogens is 1. The Kier molecular flexibility index (Phi) is 2.01. The van der Waals surface area contributed by atoms with Crippen LogP contribution in [0.5, 0.6) is 0 Å². The molecule has 0 aromatic carbocycles. The molecule has 1 unspecified atom stereocenters. The molecule has 0 aromatic rings. The summed E-state index contributed by atoms with van der Waals surface area (Å²) in [5, 5.41) is 14.5. The molecule has 2 nitrogen and oxygen atoms in total. The molecule has 1 aliphatic carbocycles. The molecule has 0 amide bonds. The van der Waals surface area contributed by atoms with Crippen molar-refractivity contribution in [3.63, 3.8) is 0 Å². The van der Waals surface area contributed by atoms with Crippen molar-refractivity contribution in [2.24, 2.45) is 0 Å². The van der Waals surface area contributed by atoms with Gasteiger partial charge in [-0.2, -0.15) is 0 Å². The first-order chi connectivity index (χ1) is 4.20. The molecule has 1 aliphatic rings. The summed E-state index contributed by atoms with van der Waals surface area (Å²) >= 11 is 3.42. The quantitative estimate of drug-likeness (QED) is 0.547. The van der Waals surface area contributed by atoms with Crippen molar-refractivity contribution in [1.82, 2.24) is 0 Å². The van der Waals surface area contributed by atoms with Gasteiger partial charge in [-0.15, -0.1) is 0 Å². The second-order valence-corrected chi connectivity index (χ2v) is 3.59. The van der Waals surface area contributed by atoms with Crippen molar-refractivity contribution in [3.8, 4) is 0 Å². The molecule has 0 aliphatic heterocycles. The molecular formula is C6H9BrN2. The Morgan fingerprint density at radius 3 is 2.44 bits per heavy atom. The maximum atomic E-state index is 7.27. The van der Waals surface area contributed by atoms with Crippen LogP contribution in [0.4, 0.5) is 0 Å². The van der Waals surface area contributed by atoms with Gasteiger partial charge in [-0.05, 0) is 12.8 Å². The zero-order chi connectivity index (χ0) is 6.85. The maximum Gasteiger partial charge on any atom is 0.0532 e. The number of nitrogens with one attached hydrogen (secondary N) is 2. The highest BCUT2D eigenvalue weighted by Crippen LogP contribution is 2.19. The van der Waals surface area contributed by atoms with Gasteiger partial charge in [-0.3, -0.25) is 0 Å². The highest BCUT2D eigenvalue weighted by Gasteiger charge is 2.17. The SMILES string of the molecule is N=C1CCC(Br)CC1=N. The van der Waals surface area contributed by atoms with E-state index in [4.69, 9.17) is 10.8 Å². The Hall–Kier alpha value is -0.180. The molecule has 0 spiro atoms. The maximum absolute atomic E-state index is 7.27. The smallest absolute Gasteiger partial charge is 0.0532 e. The second-order valence-electron chi connectivity index (χ2n) is 2.30. The summed E-state index contributed by atoms with van der Waals surface area (Å²) in [6.07, 6.45) is 2.52. The fourth-order valence-electron chi connectivity index (χ4n) is 0.899. The zero-order valence-electron chi connectivity index (χ0n) is 5.08. The van der Waals surface area contributed by atoms with Crippen molar-refractivity contribution in [1.29, 1.82) is 10.8 Å². The molecule has 9 heavy (non-hydrogen) atoms. The van der Waals surface area contributed by atoms with Gasteiger partial charge in [0, 0.05) is 11.2 Å². The number of alkyl halides is 1. The largest absolute Gasteiger partial charge is 0.303 e. The lowest BCUT2D eigenvalue weighted by Crippen LogP contribution is -2.23. The van der Waals surface area contributed by atoms with E-state index in [1.165, 1.54) is 0 Å². The van der Waals surface area contributed by atoms with E-state index in [-0.39, 0.29) is 0 Å². The van der Waals surface area contributed by atoms with Gasteiger partial charge in [0.25, 0.3) is 0 Å². The van der Waals surface area contributed by atoms with Crippen molar-refractivity contribution in [3.05, 3.63) is 0 Å². The molecule has 0 radical (unpaired) electrons. The van der Waals surface area contributed by atoms with E-state index in [1.807, 2.05) is 0 Å². The molecule has 0 bridgehead atoms. The summed E-state index contributed by atoms with van der Waals surface area (Å²) in [6.45, 7) is 0. The molecule has 3 heteroatoms. The summed E-state index contributed by atoms with van der Waals surface area (Å²) in [5.74, 6) is 0. The molecule has 0 saturated heterocycles. The molecule has 1 saturated carbocycles. The van der Waals surface area contributed by atoms with Gasteiger partial charge >= 0.3 is 0 Å². The normalized spacial score (nSPS) is 28.8. The Morgan fingerprint density at radius 1 is 1.33 bits per heavy atom. The highest BCUT2D eigenvalue weighted by atomic mass is 79.9. The third-order valence-electron chi connectivity index (χ3n) is 1.50. The topological polar surface area (TPSA) is 47.7 Å². The van der Waals surface area contributed by atoms with Crippen LogP contribution >= 0.6 is 15.9 Å². The molecule has 1 fully saturated rings. The van der Waals surface area contributed by atoms with Crippen LogP contribution in [-0.4, -0.2) is 16.3 Å². The van der Waals surface area contributed by atoms with E-state index in [0.717, 1.165) is 19.3 Å². The summed E-state index contributed by atoms with van der Waals surface area (Å²) in [4.78, 5) is 0.444. The van der Waals surface area contributed by atoms with Gasteiger partial charge in [-0.1, -0.05) is 15.9 Å². The first-order valence-electron chi connectivity index (χ1n) is 2.99. The van der Waals surface area contributed by atoms with Crippen molar-refractivity contribution < 1.29 is 0 Å². The van der Waals surface area contributed by atoms with E-state index in [0.29, 0.717) is 16.3 Å². The van der Waals surface area contributed by atoms with E-state index < -0.39 is 0 Å². The van der Waals surface area contributed by atoms with Crippen LogP contribution < -0.4 is 0 Å². The summed E-state index contributed by atoms with van der Waals surface area (Å²) in [7, 11) is 0. The summed E-state index contributed by atoms with van der Waals surface area (Å²) in [6, 6.07) is 0. The van der Waals surface area contributed by atoms with Crippen LogP contribution in [0.3, 0.4) is 0 Å². The van der Waals surface area contributed by atoms with Gasteiger partial charge in [0.2, 0.25) is 0 Å². The minimum atomic E-state index is 0.444. The third kappa shape index (κ3) is 1.61. The molecular weight excluding hydrogens is 180 g/mol. The predicted molar refractivity (Wildman–Crippen MR) is 42.0 cm³/mol. The van der Waals surface area contributed by atoms with E-state index in [9.17, 15) is 0 Å². The van der Waals surface area contributed by atoms with Gasteiger partial charge in [0.05, 0.1) is 11.4 Å². The Morgan fingerprint density at radius 2 is 2.00 bits per heavy atom. The fourth-order valence-corrected chi connectivity index (χ4v) is 1.45. The van der Waals surface area contributed by atoms with Crippen molar-refractivity contribution >= 4 is 27.4 Å². The Labute approximate surface area is 62.8 Å². The Bertz CT molecular complexity index is 153. The molecule has 1 atom stereocenters. The number of hydrogen-bond donors (Lipinski definition) is 2. The van der Waals surface area contributed by atoms with Crippen LogP contribution in [0.25, 0.3) is 0 Å². The molecule has 1 rings (SSSR count). The van der Waals surface area contributed by atoms with Gasteiger partial charge < -0.3 is 10.8 Å². The van der Waals surface area contributed by atoms with E-state index in [2.05, 4.69) is 15.9 Å². The molecule has 2 N–H and O–H groups in total. The molecule has 0 aromatic heterocycles. The average Bonchev–Trinajstić information content (AvgIpc) is 1.80. The lowest BCUT2D eigenvalue weighted by atomic mass is 9.97. The highest BCUT2D eigenvalue weighted by molar-refractivity contribution is 9.09. The zero-order valence-corrected chi connectivity index (χ0v) is 6.66. The first-order valence-corrected chi connectivity index (χ1v) is 3.91. The molecule has 0 heterocycles. The van der Waals surface area contributed by atoms with Crippen molar-refractivity contribution in [2.75, 3.05) is 0 Å². The summed E-state index contributed by atoms with van der Waals surface area (Å²) < 4.78 is 0. The first kappa shape index (κ1) is 6.93. The Balaban J connectivity index is 2.54. The van der Waals surface area contributed by atoms with Gasteiger partial charge in [0.1, 0.15) is 0 Å². The van der Waals surface area contributed by atoms with Crippen LogP contribution in [0, 0.1) is 10.8 Å². The van der Waals surface area contributed by atoms with Crippen molar-refractivity contribution in [2.45, 2.75) is 24.1 Å². The second kappa shape index (κ2) is 2.60. The monoisotopic (exact) mass is 188 g/mol. The van der Waals surface area contributed by atoms with E-state index >= 15 is 0 Å². The van der Waals surface area contributed by atoms with Gasteiger partial charge in [-0.25, -0.2) is 0 Å². The third-order valence-corrected chi connectivity index (χ3v) is 2.28. The lowest BCUT2D eigenvalue weighted by Gasteiger charge is -2.16. The summed E-state index contributed by atoms with van der Waals surface area (Å²) in [5.41, 5.74) is 1.02. The van der Waals surface area contributed by atoms with Crippen LogP contribution in [0.2, 0.25) is 0 Å². The number of rotatable bonds is 0. The van der Waals surface area contributed by atoms with E-state index in [1.54, 1.807) is 0 Å². The van der Waals surface area contributed by atoms with Gasteiger partial charge in [0.15, 0.2) is 0 Å². The number of hydrogen-bond acceptors (Lipinski definition) is 2. The average molecular weight is 189 g/mol. The van der Waals surface area contributed by atoms with Crippen LogP contribution in [-0.2, 0) is 0 Å². The lowest BCUT2D eigenvalue weighted by molar-refractivity contribution is 0.802. The fraction of sp³-hybridized carbons (Fsp3) is 0.667. The predicted octanol–water partition coefficient (Wildman–Crippen LogP) is 1.97. The van der Waals surface area contributed by atoms with Crippen LogP contribution in [0.15, 0.2) is 0 Å². The minimum absolute atomic E-state index is 0.444.